The van der Waals surface area contributed by atoms with Crippen LogP contribution in [0, 0.1) is 0 Å². The Labute approximate surface area is 237 Å². The monoisotopic (exact) mass is 585 g/mol. The molecule has 0 heterocycles. The van der Waals surface area contributed by atoms with E-state index in [2.05, 4.69) is 10.6 Å². The molecule has 11 heteroatoms. The van der Waals surface area contributed by atoms with Crippen molar-refractivity contribution >= 4 is 23.3 Å². The molecule has 4 rings (SSSR count). The van der Waals surface area contributed by atoms with Crippen LogP contribution in [0.25, 0.3) is 0 Å². The predicted octanol–water partition coefficient (Wildman–Crippen LogP) is 7.71. The standard InChI is InChI=1S/C31H25F6N3O2/c32-30(33,34)23-13-7-15-25(19-23)39-29(42)40(26-16-8-14-24(20-26)31(35,36)37)18-17-38-28(41)27(21-9-3-1-4-10-21)22-11-5-2-6-12-22/h1-16,19-20,27H,17-18H2,(H,38,41)(H,39,42). The quantitative estimate of drug-likeness (QED) is 0.208. The summed E-state index contributed by atoms with van der Waals surface area (Å²) < 4.78 is 79.8. The first kappa shape index (κ1) is 30.2. The van der Waals surface area contributed by atoms with Gasteiger partial charge in [-0.25, -0.2) is 4.79 Å². The van der Waals surface area contributed by atoms with Gasteiger partial charge in [0, 0.05) is 24.5 Å². The van der Waals surface area contributed by atoms with E-state index in [0.29, 0.717) is 17.2 Å². The lowest BCUT2D eigenvalue weighted by Gasteiger charge is -2.25. The van der Waals surface area contributed by atoms with Crippen molar-refractivity contribution in [2.24, 2.45) is 0 Å². The van der Waals surface area contributed by atoms with Crippen molar-refractivity contribution in [3.63, 3.8) is 0 Å². The largest absolute Gasteiger partial charge is 0.416 e. The molecule has 4 aromatic carbocycles. The minimum atomic E-state index is -4.70. The third kappa shape index (κ3) is 7.68. The minimum absolute atomic E-state index is 0.161. The molecule has 0 aliphatic heterocycles. The summed E-state index contributed by atoms with van der Waals surface area (Å²) in [5.74, 6) is -1.11. The van der Waals surface area contributed by atoms with E-state index >= 15 is 0 Å². The summed E-state index contributed by atoms with van der Waals surface area (Å²) in [6, 6.07) is 24.7. The average molecular weight is 586 g/mol. The number of hydrogen-bond acceptors (Lipinski definition) is 2. The molecule has 0 saturated heterocycles. The molecule has 0 aliphatic rings. The van der Waals surface area contributed by atoms with Crippen molar-refractivity contribution in [1.82, 2.24) is 5.32 Å². The third-order valence-corrected chi connectivity index (χ3v) is 6.33. The molecule has 218 valence electrons. The van der Waals surface area contributed by atoms with Gasteiger partial charge in [0.15, 0.2) is 0 Å². The number of nitrogens with one attached hydrogen (secondary N) is 2. The molecule has 0 saturated carbocycles. The Balaban J connectivity index is 1.57. The van der Waals surface area contributed by atoms with Gasteiger partial charge in [-0.1, -0.05) is 72.8 Å². The van der Waals surface area contributed by atoms with Crippen molar-refractivity contribution in [1.29, 1.82) is 0 Å². The second kappa shape index (κ2) is 12.8. The molecular weight excluding hydrogens is 560 g/mol. The molecule has 42 heavy (non-hydrogen) atoms. The van der Waals surface area contributed by atoms with Crippen molar-refractivity contribution in [3.05, 3.63) is 131 Å². The third-order valence-electron chi connectivity index (χ3n) is 6.33. The number of urea groups is 1. The van der Waals surface area contributed by atoms with Crippen LogP contribution in [0.1, 0.15) is 28.2 Å². The maximum absolute atomic E-state index is 13.4. The van der Waals surface area contributed by atoms with E-state index in [-0.39, 0.29) is 24.5 Å². The molecule has 0 aliphatic carbocycles. The molecule has 2 N–H and O–H groups in total. The lowest BCUT2D eigenvalue weighted by Crippen LogP contribution is -2.42. The van der Waals surface area contributed by atoms with Crippen LogP contribution in [-0.4, -0.2) is 25.0 Å². The average Bonchev–Trinajstić information content (AvgIpc) is 2.96. The maximum atomic E-state index is 13.4. The van der Waals surface area contributed by atoms with Gasteiger partial charge >= 0.3 is 18.4 Å². The molecular formula is C31H25F6N3O2. The molecule has 3 amide bonds. The summed E-state index contributed by atoms with van der Waals surface area (Å²) in [6.07, 6.45) is -9.37. The van der Waals surface area contributed by atoms with E-state index in [1.165, 1.54) is 12.1 Å². The van der Waals surface area contributed by atoms with Crippen LogP contribution < -0.4 is 15.5 Å². The number of amides is 3. The minimum Gasteiger partial charge on any atom is -0.353 e. The number of benzene rings is 4. The fourth-order valence-electron chi connectivity index (χ4n) is 4.34. The van der Waals surface area contributed by atoms with Crippen LogP contribution in [0.15, 0.2) is 109 Å². The van der Waals surface area contributed by atoms with Gasteiger partial charge in [-0.3, -0.25) is 9.69 Å². The van der Waals surface area contributed by atoms with E-state index in [1.54, 1.807) is 60.7 Å². The Morgan fingerprint density at radius 1 is 0.667 bits per heavy atom. The summed E-state index contributed by atoms with van der Waals surface area (Å²) in [5.41, 5.74) is -0.980. The molecule has 0 atom stereocenters. The second-order valence-electron chi connectivity index (χ2n) is 9.25. The summed E-state index contributed by atoms with van der Waals surface area (Å²) >= 11 is 0. The highest BCUT2D eigenvalue weighted by Gasteiger charge is 2.32. The van der Waals surface area contributed by atoms with E-state index in [9.17, 15) is 35.9 Å². The Kier molecular flexibility index (Phi) is 9.19. The van der Waals surface area contributed by atoms with Crippen molar-refractivity contribution in [3.8, 4) is 0 Å². The highest BCUT2D eigenvalue weighted by atomic mass is 19.4. The first-order valence-corrected chi connectivity index (χ1v) is 12.7. The molecule has 4 aromatic rings. The SMILES string of the molecule is O=C(NCCN(C(=O)Nc1cccc(C(F)(F)F)c1)c1cccc(C(F)(F)F)c1)C(c1ccccc1)c1ccccc1. The number of hydrogen-bond donors (Lipinski definition) is 2. The zero-order valence-electron chi connectivity index (χ0n) is 21.9. The lowest BCUT2D eigenvalue weighted by molar-refractivity contribution is -0.138. The summed E-state index contributed by atoms with van der Waals surface area (Å²) in [6.45, 7) is -0.449. The van der Waals surface area contributed by atoms with E-state index in [1.807, 2.05) is 0 Å². The second-order valence-corrected chi connectivity index (χ2v) is 9.25. The fourth-order valence-corrected chi connectivity index (χ4v) is 4.34. The maximum Gasteiger partial charge on any atom is 0.416 e. The molecule has 5 nitrogen and oxygen atoms in total. The van der Waals surface area contributed by atoms with Crippen LogP contribution in [0.3, 0.4) is 0 Å². The summed E-state index contributed by atoms with van der Waals surface area (Å²) in [4.78, 5) is 27.5. The molecule has 0 unspecified atom stereocenters. The zero-order chi connectivity index (χ0) is 30.3. The van der Waals surface area contributed by atoms with Gasteiger partial charge in [-0.15, -0.1) is 0 Å². The molecule has 0 bridgehead atoms. The number of halogens is 6. The van der Waals surface area contributed by atoms with Gasteiger partial charge in [0.25, 0.3) is 0 Å². The predicted molar refractivity (Wildman–Crippen MR) is 147 cm³/mol. The van der Waals surface area contributed by atoms with Crippen LogP contribution in [-0.2, 0) is 17.1 Å². The van der Waals surface area contributed by atoms with Crippen molar-refractivity contribution < 1.29 is 35.9 Å². The van der Waals surface area contributed by atoms with E-state index in [4.69, 9.17) is 0 Å². The van der Waals surface area contributed by atoms with Crippen LogP contribution in [0.2, 0.25) is 0 Å². The van der Waals surface area contributed by atoms with Crippen LogP contribution >= 0.6 is 0 Å². The van der Waals surface area contributed by atoms with Crippen molar-refractivity contribution in [2.75, 3.05) is 23.3 Å². The van der Waals surface area contributed by atoms with E-state index < -0.39 is 41.3 Å². The van der Waals surface area contributed by atoms with Gasteiger partial charge in [-0.2, -0.15) is 26.3 Å². The van der Waals surface area contributed by atoms with E-state index in [0.717, 1.165) is 35.2 Å². The molecule has 0 radical (unpaired) electrons. The Morgan fingerprint density at radius 3 is 1.74 bits per heavy atom. The number of rotatable bonds is 8. The lowest BCUT2D eigenvalue weighted by atomic mass is 9.90. The summed E-state index contributed by atoms with van der Waals surface area (Å²) in [5, 5.41) is 5.06. The zero-order valence-corrected chi connectivity index (χ0v) is 21.9. The Bertz CT molecular complexity index is 1470. The number of anilines is 2. The first-order valence-electron chi connectivity index (χ1n) is 12.7. The number of nitrogens with zero attached hydrogens (tertiary/aromatic N) is 1. The topological polar surface area (TPSA) is 61.4 Å². The van der Waals surface area contributed by atoms with Gasteiger partial charge in [0.2, 0.25) is 5.91 Å². The van der Waals surface area contributed by atoms with Gasteiger partial charge in [-0.05, 0) is 47.5 Å². The Morgan fingerprint density at radius 2 is 1.19 bits per heavy atom. The number of carbonyl (C=O) groups is 2. The smallest absolute Gasteiger partial charge is 0.353 e. The Hall–Kier alpha value is -4.80. The van der Waals surface area contributed by atoms with Crippen LogP contribution in [0.5, 0.6) is 0 Å². The van der Waals surface area contributed by atoms with Gasteiger partial charge in [0.05, 0.1) is 17.0 Å². The first-order chi connectivity index (χ1) is 19.9. The normalized spacial score (nSPS) is 11.7. The summed E-state index contributed by atoms with van der Waals surface area (Å²) in [7, 11) is 0. The highest BCUT2D eigenvalue weighted by Crippen LogP contribution is 2.33. The molecule has 0 aromatic heterocycles. The highest BCUT2D eigenvalue weighted by molar-refractivity contribution is 6.02. The van der Waals surface area contributed by atoms with Gasteiger partial charge < -0.3 is 10.6 Å². The fraction of sp³-hybridized carbons (Fsp3) is 0.161. The molecule has 0 fully saturated rings. The number of alkyl halides is 6. The van der Waals surface area contributed by atoms with Crippen LogP contribution in [0.4, 0.5) is 42.5 Å². The molecule has 0 spiro atoms. The van der Waals surface area contributed by atoms with Gasteiger partial charge in [0.1, 0.15) is 0 Å². The number of carbonyl (C=O) groups excluding carboxylic acids is 2. The van der Waals surface area contributed by atoms with Crippen molar-refractivity contribution in [2.45, 2.75) is 18.3 Å².